The number of methoxy groups -OCH3 is 1. The number of nitriles is 1. The Bertz CT molecular complexity index is 1280. The number of aromatic amines is 1. The molecule has 2 aromatic rings. The second-order valence-corrected chi connectivity index (χ2v) is 11.7. The summed E-state index contributed by atoms with van der Waals surface area (Å²) in [5.41, 5.74) is 0.965. The Hall–Kier alpha value is -3.05. The molecule has 38 heavy (non-hydrogen) atoms. The third-order valence-corrected chi connectivity index (χ3v) is 8.99. The molecule has 1 aromatic heterocycles. The first-order chi connectivity index (χ1) is 18.3. The maximum Gasteiger partial charge on any atom is 0.271 e. The highest BCUT2D eigenvalue weighted by molar-refractivity contribution is 6.31. The van der Waals surface area contributed by atoms with Crippen molar-refractivity contribution in [3.05, 3.63) is 28.9 Å². The van der Waals surface area contributed by atoms with Crippen LogP contribution in [-0.2, 0) is 9.59 Å². The highest BCUT2D eigenvalue weighted by Crippen LogP contribution is 2.47. The number of likely N-dealkylation sites (tertiary alicyclic amines) is 1. The van der Waals surface area contributed by atoms with Crippen LogP contribution in [0.15, 0.2) is 18.2 Å². The van der Waals surface area contributed by atoms with Gasteiger partial charge < -0.3 is 19.9 Å². The largest absolute Gasteiger partial charge is 0.496 e. The average Bonchev–Trinajstić information content (AvgIpc) is 3.51. The molecule has 202 valence electrons. The van der Waals surface area contributed by atoms with Gasteiger partial charge in [-0.05, 0) is 62.1 Å². The van der Waals surface area contributed by atoms with Gasteiger partial charge in [0.25, 0.3) is 5.91 Å². The summed E-state index contributed by atoms with van der Waals surface area (Å²) in [6.45, 7) is 0.509. The summed E-state index contributed by atoms with van der Waals surface area (Å²) in [6, 6.07) is 5.96. The van der Waals surface area contributed by atoms with Crippen molar-refractivity contribution >= 4 is 40.1 Å². The lowest BCUT2D eigenvalue weighted by Crippen LogP contribution is -2.49. The molecule has 2 amide bonds. The number of halogens is 1. The van der Waals surface area contributed by atoms with E-state index in [0.29, 0.717) is 47.8 Å². The fourth-order valence-electron chi connectivity index (χ4n) is 6.78. The lowest BCUT2D eigenvalue weighted by molar-refractivity contribution is -0.127. The molecule has 1 aromatic carbocycles. The number of hydrogen-bond donors (Lipinski definition) is 2. The van der Waals surface area contributed by atoms with Crippen LogP contribution in [0.4, 0.5) is 0 Å². The molecule has 5 rings (SSSR count). The summed E-state index contributed by atoms with van der Waals surface area (Å²) in [4.78, 5) is 44.7. The van der Waals surface area contributed by atoms with E-state index in [4.69, 9.17) is 16.3 Å². The van der Waals surface area contributed by atoms with Gasteiger partial charge in [-0.2, -0.15) is 5.26 Å². The lowest BCUT2D eigenvalue weighted by Gasteiger charge is -2.32. The Morgan fingerprint density at radius 1 is 1.24 bits per heavy atom. The summed E-state index contributed by atoms with van der Waals surface area (Å²) in [5, 5.41) is 13.9. The highest BCUT2D eigenvalue weighted by Gasteiger charge is 2.49. The van der Waals surface area contributed by atoms with E-state index in [2.05, 4.69) is 16.4 Å². The molecule has 9 heteroatoms. The van der Waals surface area contributed by atoms with E-state index in [9.17, 15) is 19.6 Å². The molecule has 1 saturated heterocycles. The molecule has 0 radical (unpaired) electrons. The Kier molecular flexibility index (Phi) is 7.67. The van der Waals surface area contributed by atoms with E-state index >= 15 is 0 Å². The van der Waals surface area contributed by atoms with Crippen molar-refractivity contribution in [3.8, 4) is 11.8 Å². The van der Waals surface area contributed by atoms with Gasteiger partial charge in [-0.15, -0.1) is 0 Å². The average molecular weight is 539 g/mol. The zero-order valence-electron chi connectivity index (χ0n) is 21.9. The van der Waals surface area contributed by atoms with Crippen molar-refractivity contribution < 1.29 is 19.1 Å². The van der Waals surface area contributed by atoms with Gasteiger partial charge in [0.15, 0.2) is 0 Å². The van der Waals surface area contributed by atoms with Crippen LogP contribution < -0.4 is 10.1 Å². The van der Waals surface area contributed by atoms with Gasteiger partial charge in [0, 0.05) is 29.3 Å². The molecule has 1 aliphatic heterocycles. The lowest BCUT2D eigenvalue weighted by atomic mass is 9.72. The second kappa shape index (κ2) is 11.0. The zero-order valence-corrected chi connectivity index (χ0v) is 22.6. The number of benzene rings is 1. The number of rotatable bonds is 6. The molecule has 1 spiro atoms. The van der Waals surface area contributed by atoms with Crippen molar-refractivity contribution in [2.24, 2.45) is 11.3 Å². The summed E-state index contributed by atoms with van der Waals surface area (Å²) in [6.07, 6.45) is 9.39. The molecule has 0 bridgehead atoms. The van der Waals surface area contributed by atoms with Crippen molar-refractivity contribution in [2.75, 3.05) is 13.7 Å². The number of nitrogens with one attached hydrogen (secondary N) is 2. The number of H-pyrrole nitrogens is 1. The third-order valence-electron chi connectivity index (χ3n) is 8.77. The minimum Gasteiger partial charge on any atom is -0.496 e. The van der Waals surface area contributed by atoms with Crippen LogP contribution in [0.5, 0.6) is 5.75 Å². The van der Waals surface area contributed by atoms with Gasteiger partial charge in [-0.25, -0.2) is 0 Å². The van der Waals surface area contributed by atoms with Crippen LogP contribution in [0.3, 0.4) is 0 Å². The van der Waals surface area contributed by atoms with Crippen molar-refractivity contribution in [1.82, 2.24) is 15.2 Å². The summed E-state index contributed by atoms with van der Waals surface area (Å²) in [7, 11) is 1.56. The zero-order chi connectivity index (χ0) is 26.9. The van der Waals surface area contributed by atoms with Crippen molar-refractivity contribution in [3.63, 3.8) is 0 Å². The summed E-state index contributed by atoms with van der Waals surface area (Å²) < 4.78 is 5.45. The molecule has 8 nitrogen and oxygen atoms in total. The number of carbonyl (C=O) groups is 3. The number of hydrogen-bond acceptors (Lipinski definition) is 5. The number of nitrogens with zero attached hydrogens (tertiary/aromatic N) is 2. The second-order valence-electron chi connectivity index (χ2n) is 11.3. The minimum atomic E-state index is -0.756. The predicted octanol–water partition coefficient (Wildman–Crippen LogP) is 5.15. The molecule has 3 aliphatic rings. The normalized spacial score (nSPS) is 23.8. The first kappa shape index (κ1) is 26.6. The smallest absolute Gasteiger partial charge is 0.271 e. The van der Waals surface area contributed by atoms with E-state index in [1.165, 1.54) is 6.42 Å². The fourth-order valence-corrected chi connectivity index (χ4v) is 6.99. The number of carbonyl (C=O) groups excluding carboxylic acids is 3. The Morgan fingerprint density at radius 2 is 2.03 bits per heavy atom. The van der Waals surface area contributed by atoms with Gasteiger partial charge >= 0.3 is 0 Å². The van der Waals surface area contributed by atoms with Crippen LogP contribution in [0.2, 0.25) is 5.02 Å². The van der Waals surface area contributed by atoms with Crippen LogP contribution in [0.25, 0.3) is 10.9 Å². The first-order valence-corrected chi connectivity index (χ1v) is 14.1. The summed E-state index contributed by atoms with van der Waals surface area (Å²) in [5.74, 6) is -0.00607. The van der Waals surface area contributed by atoms with E-state index in [0.717, 1.165) is 50.3 Å². The predicted molar refractivity (Wildman–Crippen MR) is 144 cm³/mol. The third kappa shape index (κ3) is 5.26. The van der Waals surface area contributed by atoms with Crippen LogP contribution >= 0.6 is 11.6 Å². The van der Waals surface area contributed by atoms with Crippen molar-refractivity contribution in [2.45, 2.75) is 82.7 Å². The number of aromatic nitrogens is 1. The Morgan fingerprint density at radius 3 is 2.74 bits per heavy atom. The molecule has 3 atom stereocenters. The fraction of sp³-hybridized carbons (Fsp3) is 0.586. The van der Waals surface area contributed by atoms with Crippen LogP contribution in [0.1, 0.15) is 81.1 Å². The monoisotopic (exact) mass is 538 g/mol. The molecular formula is C29H35ClN4O4. The van der Waals surface area contributed by atoms with Crippen LogP contribution in [0, 0.1) is 22.7 Å². The standard InChI is InChI=1S/C29H35ClN4O4/c1-38-26-13-19(30)12-22-21(26)14-23(33-22)28(37)34-17-29(9-5-2-6-10-29)15-24(34)27(36)32-20(16-31)11-18-7-3-4-8-25(18)35/h12-14,18,20,24,33H,2-11,15,17H2,1H3,(H,32,36)/t18-,20-,24?/m0/s1. The van der Waals surface area contributed by atoms with E-state index in [1.807, 2.05) is 0 Å². The highest BCUT2D eigenvalue weighted by atomic mass is 35.5. The van der Waals surface area contributed by atoms with Gasteiger partial charge in [-0.1, -0.05) is 37.3 Å². The van der Waals surface area contributed by atoms with E-state index in [-0.39, 0.29) is 28.9 Å². The Labute approximate surface area is 228 Å². The SMILES string of the molecule is COc1cc(Cl)cc2[nH]c(C(=O)N3CC4(CCCCC4)CC3C(=O)N[C@H](C#N)C[C@@H]3CCCCC3=O)cc12. The topological polar surface area (TPSA) is 115 Å². The number of ether oxygens (including phenoxy) is 1. The van der Waals surface area contributed by atoms with E-state index in [1.54, 1.807) is 30.2 Å². The molecule has 3 fully saturated rings. The quantitative estimate of drug-likeness (QED) is 0.527. The van der Waals surface area contributed by atoms with Gasteiger partial charge in [0.05, 0.1) is 18.7 Å². The molecule has 1 unspecified atom stereocenters. The maximum atomic E-state index is 13.9. The molecule has 2 N–H and O–H groups in total. The van der Waals surface area contributed by atoms with Crippen molar-refractivity contribution in [1.29, 1.82) is 5.26 Å². The molecule has 2 saturated carbocycles. The number of Topliss-reactive ketones (excluding diaryl/α,β-unsaturated/α-hetero) is 1. The molecular weight excluding hydrogens is 504 g/mol. The summed E-state index contributed by atoms with van der Waals surface area (Å²) >= 11 is 6.23. The van der Waals surface area contributed by atoms with Gasteiger partial charge in [0.2, 0.25) is 5.91 Å². The molecule has 2 aliphatic carbocycles. The van der Waals surface area contributed by atoms with E-state index < -0.39 is 12.1 Å². The minimum absolute atomic E-state index is 0.0929. The van der Waals surface area contributed by atoms with Gasteiger partial charge in [-0.3, -0.25) is 14.4 Å². The first-order valence-electron chi connectivity index (χ1n) is 13.7. The molecule has 2 heterocycles. The number of ketones is 1. The van der Waals surface area contributed by atoms with Crippen LogP contribution in [-0.4, -0.2) is 53.2 Å². The Balaban J connectivity index is 1.39. The number of fused-ring (bicyclic) bond motifs is 1. The maximum absolute atomic E-state index is 13.9. The van der Waals surface area contributed by atoms with Gasteiger partial charge in [0.1, 0.15) is 29.3 Å². The number of amides is 2.